The van der Waals surface area contributed by atoms with E-state index in [1.807, 2.05) is 30.3 Å². The lowest BCUT2D eigenvalue weighted by Gasteiger charge is -2.29. The van der Waals surface area contributed by atoms with Crippen molar-refractivity contribution in [3.8, 4) is 0 Å². The van der Waals surface area contributed by atoms with E-state index in [0.29, 0.717) is 17.2 Å². The summed E-state index contributed by atoms with van der Waals surface area (Å²) in [6.45, 7) is 1.77. The molecule has 1 aromatic heterocycles. The zero-order valence-electron chi connectivity index (χ0n) is 16.6. The third kappa shape index (κ3) is 5.80. The molecule has 158 valence electrons. The standard InChI is InChI=1S/C20H22N4O3S3/c1-3-17(24(30(2,26)27)16-12-8-5-9-13-16)18(25)21-19-22-23-20(29-19)28-14-15-10-6-4-7-11-15/h4-13,17H,3,14H2,1-2H3,(H,21,22,25)/t17-/m1/s1. The molecule has 7 nitrogen and oxygen atoms in total. The Morgan fingerprint density at radius 1 is 1.10 bits per heavy atom. The minimum Gasteiger partial charge on any atom is -0.299 e. The van der Waals surface area contributed by atoms with Crippen LogP contribution in [0.3, 0.4) is 0 Å². The second-order valence-electron chi connectivity index (χ2n) is 6.46. The van der Waals surface area contributed by atoms with Gasteiger partial charge in [0.15, 0.2) is 4.34 Å². The van der Waals surface area contributed by atoms with Crippen LogP contribution < -0.4 is 9.62 Å². The van der Waals surface area contributed by atoms with Crippen molar-refractivity contribution in [2.24, 2.45) is 0 Å². The van der Waals surface area contributed by atoms with Gasteiger partial charge in [-0.3, -0.25) is 14.4 Å². The minimum atomic E-state index is -3.66. The lowest BCUT2D eigenvalue weighted by Crippen LogP contribution is -2.46. The molecular formula is C20H22N4O3S3. The van der Waals surface area contributed by atoms with E-state index in [4.69, 9.17) is 0 Å². The van der Waals surface area contributed by atoms with Crippen LogP contribution in [-0.2, 0) is 20.6 Å². The highest BCUT2D eigenvalue weighted by molar-refractivity contribution is 8.00. The van der Waals surface area contributed by atoms with Gasteiger partial charge >= 0.3 is 0 Å². The molecule has 10 heteroatoms. The summed E-state index contributed by atoms with van der Waals surface area (Å²) in [5.74, 6) is 0.305. The number of para-hydroxylation sites is 1. The maximum absolute atomic E-state index is 12.9. The molecule has 0 radical (unpaired) electrons. The summed E-state index contributed by atoms with van der Waals surface area (Å²) >= 11 is 2.79. The van der Waals surface area contributed by atoms with Gasteiger partial charge in [0.2, 0.25) is 21.1 Å². The van der Waals surface area contributed by atoms with Gasteiger partial charge in [-0.05, 0) is 24.1 Å². The number of aromatic nitrogens is 2. The molecule has 0 spiro atoms. The van der Waals surface area contributed by atoms with Crippen molar-refractivity contribution in [2.75, 3.05) is 15.9 Å². The van der Waals surface area contributed by atoms with E-state index in [1.165, 1.54) is 28.7 Å². The number of hydrogen-bond donors (Lipinski definition) is 1. The van der Waals surface area contributed by atoms with Gasteiger partial charge < -0.3 is 0 Å². The highest BCUT2D eigenvalue weighted by atomic mass is 32.2. The maximum Gasteiger partial charge on any atom is 0.250 e. The predicted octanol–water partition coefficient (Wildman–Crippen LogP) is 4.01. The number of nitrogens with zero attached hydrogens (tertiary/aromatic N) is 3. The summed E-state index contributed by atoms with van der Waals surface area (Å²) in [4.78, 5) is 12.9. The zero-order valence-corrected chi connectivity index (χ0v) is 19.0. The molecule has 1 amide bonds. The van der Waals surface area contributed by atoms with E-state index in [9.17, 15) is 13.2 Å². The molecule has 1 N–H and O–H groups in total. The summed E-state index contributed by atoms with van der Waals surface area (Å²) in [6, 6.07) is 17.7. The molecule has 3 rings (SSSR count). The fourth-order valence-corrected chi connectivity index (χ4v) is 5.78. The number of anilines is 2. The number of thioether (sulfide) groups is 1. The molecule has 0 saturated carbocycles. The van der Waals surface area contributed by atoms with Crippen molar-refractivity contribution in [1.29, 1.82) is 0 Å². The summed E-state index contributed by atoms with van der Waals surface area (Å²) in [5.41, 5.74) is 1.61. The fraction of sp³-hybridized carbons (Fsp3) is 0.250. The van der Waals surface area contributed by atoms with E-state index in [-0.39, 0.29) is 0 Å². The lowest BCUT2D eigenvalue weighted by molar-refractivity contribution is -0.117. The van der Waals surface area contributed by atoms with Gasteiger partial charge in [-0.1, -0.05) is 78.6 Å². The first-order chi connectivity index (χ1) is 14.4. The van der Waals surface area contributed by atoms with Gasteiger partial charge in [0, 0.05) is 5.75 Å². The van der Waals surface area contributed by atoms with Crippen LogP contribution in [0.15, 0.2) is 65.0 Å². The minimum absolute atomic E-state index is 0.308. The quantitative estimate of drug-likeness (QED) is 0.381. The number of carbonyl (C=O) groups is 1. The average molecular weight is 463 g/mol. The van der Waals surface area contributed by atoms with Gasteiger partial charge in [0.1, 0.15) is 6.04 Å². The average Bonchev–Trinajstić information content (AvgIpc) is 3.18. The Morgan fingerprint density at radius 2 is 1.73 bits per heavy atom. The van der Waals surface area contributed by atoms with Gasteiger partial charge in [0.05, 0.1) is 11.9 Å². The van der Waals surface area contributed by atoms with Gasteiger partial charge in [-0.15, -0.1) is 10.2 Å². The highest BCUT2D eigenvalue weighted by Gasteiger charge is 2.31. The van der Waals surface area contributed by atoms with Crippen LogP contribution in [0.2, 0.25) is 0 Å². The summed E-state index contributed by atoms with van der Waals surface area (Å²) in [6.07, 6.45) is 1.40. The SMILES string of the molecule is CC[C@H](C(=O)Nc1nnc(SCc2ccccc2)s1)N(c1ccccc1)S(C)(=O)=O. The number of rotatable bonds is 9. The maximum atomic E-state index is 12.9. The van der Waals surface area contributed by atoms with Crippen LogP contribution in [0, 0.1) is 0 Å². The molecule has 1 heterocycles. The Balaban J connectivity index is 1.71. The molecule has 0 aliphatic carbocycles. The molecule has 0 saturated heterocycles. The van der Waals surface area contributed by atoms with Crippen molar-refractivity contribution in [2.45, 2.75) is 29.5 Å². The summed E-state index contributed by atoms with van der Waals surface area (Å²) in [5, 5.41) is 11.2. The van der Waals surface area contributed by atoms with Crippen LogP contribution in [-0.4, -0.2) is 36.8 Å². The Morgan fingerprint density at radius 3 is 2.33 bits per heavy atom. The molecule has 0 unspecified atom stereocenters. The van der Waals surface area contributed by atoms with Crippen LogP contribution in [0.4, 0.5) is 10.8 Å². The monoisotopic (exact) mass is 462 g/mol. The van der Waals surface area contributed by atoms with E-state index >= 15 is 0 Å². The van der Waals surface area contributed by atoms with Crippen LogP contribution in [0.1, 0.15) is 18.9 Å². The topological polar surface area (TPSA) is 92.3 Å². The largest absolute Gasteiger partial charge is 0.299 e. The number of hydrogen-bond acceptors (Lipinski definition) is 7. The number of nitrogens with one attached hydrogen (secondary N) is 1. The van der Waals surface area contributed by atoms with Crippen molar-refractivity contribution in [3.05, 3.63) is 66.2 Å². The molecule has 30 heavy (non-hydrogen) atoms. The van der Waals surface area contributed by atoms with Crippen LogP contribution >= 0.6 is 23.1 Å². The van der Waals surface area contributed by atoms with Crippen LogP contribution in [0.25, 0.3) is 0 Å². The number of carbonyl (C=O) groups excluding carboxylic acids is 1. The smallest absolute Gasteiger partial charge is 0.250 e. The molecular weight excluding hydrogens is 440 g/mol. The third-order valence-electron chi connectivity index (χ3n) is 4.18. The molecule has 1 atom stereocenters. The van der Waals surface area contributed by atoms with Gasteiger partial charge in [-0.25, -0.2) is 8.42 Å². The van der Waals surface area contributed by atoms with Gasteiger partial charge in [0.25, 0.3) is 0 Å². The molecule has 0 aliphatic heterocycles. The second-order valence-corrected chi connectivity index (χ2v) is 10.5. The van der Waals surface area contributed by atoms with Crippen molar-refractivity contribution in [3.63, 3.8) is 0 Å². The molecule has 0 aliphatic rings. The molecule has 0 fully saturated rings. The highest BCUT2D eigenvalue weighted by Crippen LogP contribution is 2.29. The predicted molar refractivity (Wildman–Crippen MR) is 122 cm³/mol. The number of benzene rings is 2. The second kappa shape index (κ2) is 10.1. The van der Waals surface area contributed by atoms with E-state index in [0.717, 1.165) is 20.7 Å². The van der Waals surface area contributed by atoms with Crippen molar-refractivity contribution in [1.82, 2.24) is 10.2 Å². The molecule has 0 bridgehead atoms. The summed E-state index contributed by atoms with van der Waals surface area (Å²) < 4.78 is 26.7. The Labute approximate surface area is 184 Å². The fourth-order valence-electron chi connectivity index (χ4n) is 2.86. The van der Waals surface area contributed by atoms with Crippen LogP contribution in [0.5, 0.6) is 0 Å². The first-order valence-corrected chi connectivity index (χ1v) is 12.9. The van der Waals surface area contributed by atoms with Gasteiger partial charge in [-0.2, -0.15) is 0 Å². The van der Waals surface area contributed by atoms with Crippen molar-refractivity contribution >= 4 is 49.8 Å². The number of amides is 1. The Kier molecular flexibility index (Phi) is 7.46. The Bertz CT molecular complexity index is 1070. The first kappa shape index (κ1) is 22.3. The third-order valence-corrected chi connectivity index (χ3v) is 7.41. The van der Waals surface area contributed by atoms with E-state index in [2.05, 4.69) is 15.5 Å². The molecule has 3 aromatic rings. The lowest BCUT2D eigenvalue weighted by atomic mass is 10.2. The summed E-state index contributed by atoms with van der Waals surface area (Å²) in [7, 11) is -3.66. The van der Waals surface area contributed by atoms with E-state index in [1.54, 1.807) is 37.3 Å². The normalized spacial score (nSPS) is 12.3. The Hall–Kier alpha value is -2.43. The van der Waals surface area contributed by atoms with E-state index < -0.39 is 22.0 Å². The first-order valence-electron chi connectivity index (χ1n) is 9.24. The number of sulfonamides is 1. The van der Waals surface area contributed by atoms with Crippen molar-refractivity contribution < 1.29 is 13.2 Å². The zero-order chi connectivity index (χ0) is 21.6. The molecule has 2 aromatic carbocycles.